The van der Waals surface area contributed by atoms with Gasteiger partial charge < -0.3 is 4.42 Å². The molecule has 0 unspecified atom stereocenters. The highest BCUT2D eigenvalue weighted by molar-refractivity contribution is 7.89. The van der Waals surface area contributed by atoms with Crippen LogP contribution in [0.5, 0.6) is 0 Å². The Hall–Kier alpha value is -2.38. The van der Waals surface area contributed by atoms with Gasteiger partial charge in [-0.25, -0.2) is 17.9 Å². The summed E-state index contributed by atoms with van der Waals surface area (Å²) in [6.45, 7) is 1.95. The molecule has 0 fully saturated rings. The van der Waals surface area contributed by atoms with Crippen LogP contribution < -0.4 is 10.5 Å². The zero-order valence-electron chi connectivity index (χ0n) is 11.8. The van der Waals surface area contributed by atoms with Gasteiger partial charge >= 0.3 is 5.76 Å². The third kappa shape index (κ3) is 2.95. The molecule has 2 N–H and O–H groups in total. The predicted octanol–water partition coefficient (Wildman–Crippen LogP) is 1.91. The summed E-state index contributed by atoms with van der Waals surface area (Å²) in [5, 5.41) is 0. The van der Waals surface area contributed by atoms with Crippen molar-refractivity contribution in [2.75, 3.05) is 0 Å². The van der Waals surface area contributed by atoms with Crippen molar-refractivity contribution in [3.8, 4) is 0 Å². The molecule has 7 heteroatoms. The van der Waals surface area contributed by atoms with Crippen LogP contribution in [0.2, 0.25) is 0 Å². The van der Waals surface area contributed by atoms with E-state index in [2.05, 4.69) is 9.71 Å². The number of fused-ring (bicyclic) bond motifs is 1. The first-order valence-corrected chi connectivity index (χ1v) is 8.10. The second-order valence-electron chi connectivity index (χ2n) is 4.99. The van der Waals surface area contributed by atoms with E-state index in [-0.39, 0.29) is 11.4 Å². The molecule has 1 heterocycles. The summed E-state index contributed by atoms with van der Waals surface area (Å²) >= 11 is 0. The van der Waals surface area contributed by atoms with E-state index >= 15 is 0 Å². The Morgan fingerprint density at radius 2 is 2.00 bits per heavy atom. The molecular formula is C15H14N2O4S. The Balaban J connectivity index is 1.82. The third-order valence-corrected chi connectivity index (χ3v) is 4.65. The van der Waals surface area contributed by atoms with Crippen LogP contribution in [0.4, 0.5) is 0 Å². The average Bonchev–Trinajstić information content (AvgIpc) is 2.84. The number of H-pyrrole nitrogens is 1. The molecule has 0 saturated carbocycles. The summed E-state index contributed by atoms with van der Waals surface area (Å²) in [5.41, 5.74) is 2.55. The number of oxazole rings is 1. The average molecular weight is 318 g/mol. The summed E-state index contributed by atoms with van der Waals surface area (Å²) in [6.07, 6.45) is 0. The second kappa shape index (κ2) is 5.43. The summed E-state index contributed by atoms with van der Waals surface area (Å²) in [6, 6.07) is 11.7. The zero-order valence-corrected chi connectivity index (χ0v) is 12.6. The molecule has 0 bridgehead atoms. The lowest BCUT2D eigenvalue weighted by molar-refractivity contribution is 0.554. The fourth-order valence-electron chi connectivity index (χ4n) is 2.14. The molecule has 0 atom stereocenters. The standard InChI is InChI=1S/C15H14N2O4S/c1-10-3-2-4-12(7-10)22(19,20)16-9-11-5-6-13-14(8-11)21-15(18)17-13/h2-8,16H,9H2,1H3,(H,17,18). The molecule has 2 aromatic carbocycles. The SMILES string of the molecule is Cc1cccc(S(=O)(=O)NCc2ccc3[nH]c(=O)oc3c2)c1. The topological polar surface area (TPSA) is 92.2 Å². The van der Waals surface area contributed by atoms with Crippen LogP contribution in [0.15, 0.2) is 56.6 Å². The van der Waals surface area contributed by atoms with Gasteiger partial charge in [-0.2, -0.15) is 0 Å². The Morgan fingerprint density at radius 1 is 1.18 bits per heavy atom. The second-order valence-corrected chi connectivity index (χ2v) is 6.75. The van der Waals surface area contributed by atoms with E-state index in [9.17, 15) is 13.2 Å². The van der Waals surface area contributed by atoms with E-state index in [0.29, 0.717) is 16.7 Å². The minimum absolute atomic E-state index is 0.112. The van der Waals surface area contributed by atoms with Crippen molar-refractivity contribution in [3.05, 3.63) is 64.1 Å². The molecule has 0 aliphatic heterocycles. The minimum Gasteiger partial charge on any atom is -0.408 e. The number of benzene rings is 2. The first-order chi connectivity index (χ1) is 10.4. The molecular weight excluding hydrogens is 304 g/mol. The van der Waals surface area contributed by atoms with Crippen molar-refractivity contribution in [1.82, 2.24) is 9.71 Å². The molecule has 22 heavy (non-hydrogen) atoms. The molecule has 1 aromatic heterocycles. The summed E-state index contributed by atoms with van der Waals surface area (Å²) in [7, 11) is -3.58. The van der Waals surface area contributed by atoms with Crippen molar-refractivity contribution in [3.63, 3.8) is 0 Å². The summed E-state index contributed by atoms with van der Waals surface area (Å²) in [5.74, 6) is -0.535. The van der Waals surface area contributed by atoms with Crippen molar-refractivity contribution in [1.29, 1.82) is 0 Å². The van der Waals surface area contributed by atoms with Crippen LogP contribution in [0.1, 0.15) is 11.1 Å². The lowest BCUT2D eigenvalue weighted by Gasteiger charge is -2.07. The summed E-state index contributed by atoms with van der Waals surface area (Å²) in [4.78, 5) is 13.9. The van der Waals surface area contributed by atoms with Gasteiger partial charge in [-0.05, 0) is 42.3 Å². The largest absolute Gasteiger partial charge is 0.417 e. The van der Waals surface area contributed by atoms with E-state index in [1.54, 1.807) is 36.4 Å². The van der Waals surface area contributed by atoms with Crippen molar-refractivity contribution >= 4 is 21.1 Å². The number of rotatable bonds is 4. The van der Waals surface area contributed by atoms with E-state index in [0.717, 1.165) is 5.56 Å². The Morgan fingerprint density at radius 3 is 2.77 bits per heavy atom. The van der Waals surface area contributed by atoms with Gasteiger partial charge in [-0.1, -0.05) is 18.2 Å². The quantitative estimate of drug-likeness (QED) is 0.768. The highest BCUT2D eigenvalue weighted by atomic mass is 32.2. The van der Waals surface area contributed by atoms with Gasteiger partial charge in [0.05, 0.1) is 10.4 Å². The fourth-order valence-corrected chi connectivity index (χ4v) is 3.27. The molecule has 0 spiro atoms. The number of aryl methyl sites for hydroxylation is 1. The Kier molecular flexibility index (Phi) is 3.59. The number of hydrogen-bond acceptors (Lipinski definition) is 4. The van der Waals surface area contributed by atoms with Gasteiger partial charge in [0, 0.05) is 6.54 Å². The number of aromatic nitrogens is 1. The van der Waals surface area contributed by atoms with Crippen LogP contribution in [-0.2, 0) is 16.6 Å². The van der Waals surface area contributed by atoms with E-state index in [1.807, 2.05) is 13.0 Å². The van der Waals surface area contributed by atoms with Crippen molar-refractivity contribution in [2.24, 2.45) is 0 Å². The summed E-state index contributed by atoms with van der Waals surface area (Å²) < 4.78 is 32.0. The van der Waals surface area contributed by atoms with Gasteiger partial charge in [0.25, 0.3) is 0 Å². The van der Waals surface area contributed by atoms with E-state index in [4.69, 9.17) is 4.42 Å². The Bertz CT molecular complexity index is 986. The van der Waals surface area contributed by atoms with Crippen LogP contribution in [0, 0.1) is 6.92 Å². The highest BCUT2D eigenvalue weighted by Gasteiger charge is 2.14. The molecule has 0 aliphatic rings. The molecule has 0 amide bonds. The van der Waals surface area contributed by atoms with E-state index in [1.165, 1.54) is 0 Å². The minimum atomic E-state index is -3.58. The first-order valence-electron chi connectivity index (χ1n) is 6.62. The number of aromatic amines is 1. The van der Waals surface area contributed by atoms with Crippen molar-refractivity contribution < 1.29 is 12.8 Å². The van der Waals surface area contributed by atoms with Gasteiger partial charge in [-0.15, -0.1) is 0 Å². The zero-order chi connectivity index (χ0) is 15.7. The molecule has 6 nitrogen and oxygen atoms in total. The predicted molar refractivity (Wildman–Crippen MR) is 82.0 cm³/mol. The number of nitrogens with one attached hydrogen (secondary N) is 2. The van der Waals surface area contributed by atoms with Crippen LogP contribution in [0.3, 0.4) is 0 Å². The van der Waals surface area contributed by atoms with Crippen molar-refractivity contribution in [2.45, 2.75) is 18.4 Å². The fraction of sp³-hybridized carbons (Fsp3) is 0.133. The lowest BCUT2D eigenvalue weighted by atomic mass is 10.2. The van der Waals surface area contributed by atoms with Crippen LogP contribution in [-0.4, -0.2) is 13.4 Å². The Labute approximate surface area is 126 Å². The van der Waals surface area contributed by atoms with Crippen LogP contribution in [0.25, 0.3) is 11.1 Å². The van der Waals surface area contributed by atoms with Gasteiger partial charge in [-0.3, -0.25) is 4.98 Å². The highest BCUT2D eigenvalue weighted by Crippen LogP contribution is 2.14. The lowest BCUT2D eigenvalue weighted by Crippen LogP contribution is -2.23. The maximum atomic E-state index is 12.2. The monoisotopic (exact) mass is 318 g/mol. The molecule has 0 saturated heterocycles. The van der Waals surface area contributed by atoms with Gasteiger partial charge in [0.2, 0.25) is 10.0 Å². The number of sulfonamides is 1. The molecule has 114 valence electrons. The smallest absolute Gasteiger partial charge is 0.408 e. The molecule has 0 aliphatic carbocycles. The normalized spacial score (nSPS) is 11.9. The first kappa shape index (κ1) is 14.6. The third-order valence-electron chi connectivity index (χ3n) is 3.25. The maximum absolute atomic E-state index is 12.2. The maximum Gasteiger partial charge on any atom is 0.417 e. The van der Waals surface area contributed by atoms with Gasteiger partial charge in [0.15, 0.2) is 5.58 Å². The molecule has 3 aromatic rings. The van der Waals surface area contributed by atoms with Crippen LogP contribution >= 0.6 is 0 Å². The molecule has 0 radical (unpaired) electrons. The number of hydrogen-bond donors (Lipinski definition) is 2. The van der Waals surface area contributed by atoms with Gasteiger partial charge in [0.1, 0.15) is 0 Å². The molecule has 3 rings (SSSR count). The van der Waals surface area contributed by atoms with E-state index < -0.39 is 15.8 Å².